The molecule has 3 aromatic rings. The van der Waals surface area contributed by atoms with Gasteiger partial charge in [0.1, 0.15) is 11.4 Å². The maximum Gasteiger partial charge on any atom is 0.267 e. The van der Waals surface area contributed by atoms with Crippen LogP contribution in [0.1, 0.15) is 41.0 Å². The number of nitrogens with one attached hydrogen (secondary N) is 2. The predicted molar refractivity (Wildman–Crippen MR) is 114 cm³/mol. The third kappa shape index (κ3) is 4.81. The number of rotatable bonds is 6. The van der Waals surface area contributed by atoms with Gasteiger partial charge >= 0.3 is 0 Å². The topological polar surface area (TPSA) is 80.2 Å². The Balaban J connectivity index is 1.78. The zero-order valence-electron chi connectivity index (χ0n) is 16.7. The van der Waals surface area contributed by atoms with Gasteiger partial charge in [0, 0.05) is 29.2 Å². The second kappa shape index (κ2) is 9.17. The number of carbonyl (C=O) groups excluding carboxylic acids is 2. The summed E-state index contributed by atoms with van der Waals surface area (Å²) in [6.45, 7) is 3.82. The Hall–Kier alpha value is -3.74. The summed E-state index contributed by atoms with van der Waals surface area (Å²) >= 11 is 0. The van der Waals surface area contributed by atoms with Crippen molar-refractivity contribution in [2.24, 2.45) is 0 Å². The number of aromatic nitrogens is 1. The molecule has 1 aromatic heterocycles. The maximum atomic E-state index is 13.0. The molecule has 2 aromatic carbocycles. The van der Waals surface area contributed by atoms with Crippen LogP contribution in [0.2, 0.25) is 0 Å². The van der Waals surface area contributed by atoms with E-state index in [4.69, 9.17) is 0 Å². The zero-order chi connectivity index (χ0) is 21.7. The zero-order valence-corrected chi connectivity index (χ0v) is 16.7. The molecule has 6 nitrogen and oxygen atoms in total. The van der Waals surface area contributed by atoms with Gasteiger partial charge in [0.2, 0.25) is 0 Å². The minimum absolute atomic E-state index is 0.0328. The molecule has 154 valence electrons. The number of amides is 2. The van der Waals surface area contributed by atoms with Gasteiger partial charge in [0.25, 0.3) is 17.4 Å². The van der Waals surface area contributed by atoms with E-state index in [1.165, 1.54) is 34.9 Å². The molecule has 0 saturated carbocycles. The molecule has 7 heteroatoms. The number of nitrogens with zero attached hydrogens (tertiary/aromatic N) is 1. The first-order chi connectivity index (χ1) is 14.4. The van der Waals surface area contributed by atoms with Gasteiger partial charge in [-0.05, 0) is 74.0 Å². The van der Waals surface area contributed by atoms with Crippen molar-refractivity contribution in [2.75, 3.05) is 5.32 Å². The van der Waals surface area contributed by atoms with E-state index in [1.54, 1.807) is 36.5 Å². The van der Waals surface area contributed by atoms with Crippen LogP contribution in [0.3, 0.4) is 0 Å². The molecule has 0 unspecified atom stereocenters. The van der Waals surface area contributed by atoms with Crippen molar-refractivity contribution < 1.29 is 14.0 Å². The minimum Gasteiger partial charge on any atom is -0.349 e. The molecule has 30 heavy (non-hydrogen) atoms. The number of anilines is 1. The summed E-state index contributed by atoms with van der Waals surface area (Å²) in [6.07, 6.45) is 2.34. The van der Waals surface area contributed by atoms with Crippen molar-refractivity contribution in [2.45, 2.75) is 26.3 Å². The highest BCUT2D eigenvalue weighted by atomic mass is 19.1. The Morgan fingerprint density at radius 1 is 1.00 bits per heavy atom. The van der Waals surface area contributed by atoms with E-state index < -0.39 is 17.3 Å². The van der Waals surface area contributed by atoms with E-state index in [2.05, 4.69) is 10.6 Å². The highest BCUT2D eigenvalue weighted by Gasteiger charge is 2.14. The summed E-state index contributed by atoms with van der Waals surface area (Å²) in [5.41, 5.74) is 1.04. The van der Waals surface area contributed by atoms with Crippen LogP contribution in [0.25, 0.3) is 5.69 Å². The van der Waals surface area contributed by atoms with Gasteiger partial charge < -0.3 is 10.6 Å². The quantitative estimate of drug-likeness (QED) is 0.653. The van der Waals surface area contributed by atoms with Gasteiger partial charge in [0.05, 0.1) is 0 Å². The van der Waals surface area contributed by atoms with E-state index in [0.29, 0.717) is 16.9 Å². The first-order valence-electron chi connectivity index (χ1n) is 9.59. The van der Waals surface area contributed by atoms with E-state index in [1.807, 2.05) is 13.8 Å². The lowest BCUT2D eigenvalue weighted by Crippen LogP contribution is -2.36. The van der Waals surface area contributed by atoms with E-state index in [9.17, 15) is 18.8 Å². The van der Waals surface area contributed by atoms with Gasteiger partial charge in [0.15, 0.2) is 0 Å². The summed E-state index contributed by atoms with van der Waals surface area (Å²) in [5, 5.41) is 5.51. The monoisotopic (exact) mass is 407 g/mol. The lowest BCUT2D eigenvalue weighted by atomic mass is 10.2. The third-order valence-electron chi connectivity index (χ3n) is 4.69. The van der Waals surface area contributed by atoms with E-state index in [0.717, 1.165) is 6.42 Å². The van der Waals surface area contributed by atoms with E-state index in [-0.39, 0.29) is 17.5 Å². The normalized spacial score (nSPS) is 11.6. The van der Waals surface area contributed by atoms with Crippen molar-refractivity contribution in [3.8, 4) is 5.69 Å². The van der Waals surface area contributed by atoms with Crippen LogP contribution in [0.5, 0.6) is 0 Å². The van der Waals surface area contributed by atoms with E-state index >= 15 is 0 Å². The van der Waals surface area contributed by atoms with Crippen LogP contribution in [0, 0.1) is 5.82 Å². The molecule has 0 aliphatic heterocycles. The summed E-state index contributed by atoms with van der Waals surface area (Å²) in [7, 11) is 0. The molecular weight excluding hydrogens is 385 g/mol. The SMILES string of the molecule is CC[C@H](C)NC(=O)c1cccn(-c2ccc(NC(=O)c3ccc(F)cc3)cc2)c1=O. The predicted octanol–water partition coefficient (Wildman–Crippen LogP) is 3.76. The Morgan fingerprint density at radius 2 is 1.67 bits per heavy atom. The smallest absolute Gasteiger partial charge is 0.267 e. The average Bonchev–Trinajstić information content (AvgIpc) is 2.74. The highest BCUT2D eigenvalue weighted by molar-refractivity contribution is 6.04. The molecule has 2 amide bonds. The molecule has 3 rings (SSSR count). The highest BCUT2D eigenvalue weighted by Crippen LogP contribution is 2.14. The molecular formula is C23H22FN3O3. The molecule has 0 spiro atoms. The van der Waals surface area contributed by atoms with Gasteiger partial charge in [-0.25, -0.2) is 4.39 Å². The van der Waals surface area contributed by atoms with Gasteiger partial charge in [-0.1, -0.05) is 6.92 Å². The number of halogens is 1. The number of hydrogen-bond donors (Lipinski definition) is 2. The fourth-order valence-electron chi connectivity index (χ4n) is 2.78. The molecule has 0 fully saturated rings. The number of carbonyl (C=O) groups is 2. The van der Waals surface area contributed by atoms with Crippen molar-refractivity contribution in [3.63, 3.8) is 0 Å². The molecule has 0 aliphatic rings. The van der Waals surface area contributed by atoms with Crippen molar-refractivity contribution in [1.29, 1.82) is 0 Å². The molecule has 0 bridgehead atoms. The maximum absolute atomic E-state index is 13.0. The Kier molecular flexibility index (Phi) is 6.41. The summed E-state index contributed by atoms with van der Waals surface area (Å²) in [4.78, 5) is 37.3. The first kappa shape index (κ1) is 21.0. The molecule has 1 heterocycles. The minimum atomic E-state index is -0.429. The fraction of sp³-hybridized carbons (Fsp3) is 0.174. The van der Waals surface area contributed by atoms with Crippen LogP contribution in [0.4, 0.5) is 10.1 Å². The van der Waals surface area contributed by atoms with Crippen molar-refractivity contribution >= 4 is 17.5 Å². The van der Waals surface area contributed by atoms with Gasteiger partial charge in [-0.2, -0.15) is 0 Å². The average molecular weight is 407 g/mol. The number of hydrogen-bond acceptors (Lipinski definition) is 3. The van der Waals surface area contributed by atoms with Gasteiger partial charge in [-0.3, -0.25) is 19.0 Å². The third-order valence-corrected chi connectivity index (χ3v) is 4.69. The van der Waals surface area contributed by atoms with Gasteiger partial charge in [-0.15, -0.1) is 0 Å². The van der Waals surface area contributed by atoms with Crippen LogP contribution in [-0.2, 0) is 0 Å². The Labute approximate surface area is 173 Å². The van der Waals surface area contributed by atoms with Crippen LogP contribution < -0.4 is 16.2 Å². The van der Waals surface area contributed by atoms with Crippen LogP contribution in [0.15, 0.2) is 71.7 Å². The largest absolute Gasteiger partial charge is 0.349 e. The summed E-state index contributed by atoms with van der Waals surface area (Å²) < 4.78 is 14.4. The standard InChI is InChI=1S/C23H22FN3O3/c1-3-15(2)25-22(29)20-5-4-14-27(23(20)30)19-12-10-18(11-13-19)26-21(28)16-6-8-17(24)9-7-16/h4-15H,3H2,1-2H3,(H,25,29)(H,26,28)/t15-/m0/s1. The summed E-state index contributed by atoms with van der Waals surface area (Å²) in [5.74, 6) is -1.20. The lowest BCUT2D eigenvalue weighted by Gasteiger charge is -2.13. The Bertz CT molecular complexity index is 1110. The second-order valence-electron chi connectivity index (χ2n) is 6.89. The summed E-state index contributed by atoms with van der Waals surface area (Å²) in [6, 6.07) is 15.0. The number of benzene rings is 2. The second-order valence-corrected chi connectivity index (χ2v) is 6.89. The molecule has 0 aliphatic carbocycles. The molecule has 0 radical (unpaired) electrons. The molecule has 2 N–H and O–H groups in total. The van der Waals surface area contributed by atoms with Crippen molar-refractivity contribution in [3.05, 3.63) is 94.2 Å². The van der Waals surface area contributed by atoms with Crippen LogP contribution in [-0.4, -0.2) is 22.4 Å². The lowest BCUT2D eigenvalue weighted by molar-refractivity contribution is 0.0936. The van der Waals surface area contributed by atoms with Crippen LogP contribution >= 0.6 is 0 Å². The molecule has 0 saturated heterocycles. The molecule has 1 atom stereocenters. The first-order valence-corrected chi connectivity index (χ1v) is 9.59. The number of pyridine rings is 1. The fourth-order valence-corrected chi connectivity index (χ4v) is 2.78. The Morgan fingerprint density at radius 3 is 2.30 bits per heavy atom. The van der Waals surface area contributed by atoms with Crippen molar-refractivity contribution in [1.82, 2.24) is 9.88 Å².